The van der Waals surface area contributed by atoms with Crippen LogP contribution in [-0.4, -0.2) is 5.91 Å². The Morgan fingerprint density at radius 3 is 2.40 bits per heavy atom. The number of hydrogen-bond acceptors (Lipinski definition) is 2. The molecule has 0 saturated carbocycles. The molecule has 0 bridgehead atoms. The Morgan fingerprint density at radius 2 is 1.87 bits per heavy atom. The van der Waals surface area contributed by atoms with E-state index in [4.69, 9.17) is 0 Å². The van der Waals surface area contributed by atoms with E-state index in [-0.39, 0.29) is 5.91 Å². The summed E-state index contributed by atoms with van der Waals surface area (Å²) in [5.74, 6) is 0.0274. The summed E-state index contributed by atoms with van der Waals surface area (Å²) >= 11 is 1.59. The fraction of sp³-hybridized carbons (Fsp3) is 0.0833. The summed E-state index contributed by atoms with van der Waals surface area (Å²) in [5.41, 5.74) is 1.84. The van der Waals surface area contributed by atoms with Crippen molar-refractivity contribution < 1.29 is 4.79 Å². The molecule has 15 heavy (non-hydrogen) atoms. The van der Waals surface area contributed by atoms with Crippen LogP contribution in [0.2, 0.25) is 0 Å². The molecule has 0 atom stereocenters. The SMILES string of the molecule is CC(=O)N(c1ccccc1)c1ccsc1. The molecular formula is C12H11NOS. The Labute approximate surface area is 92.8 Å². The molecule has 0 radical (unpaired) electrons. The minimum atomic E-state index is 0.0274. The van der Waals surface area contributed by atoms with E-state index in [2.05, 4.69) is 0 Å². The van der Waals surface area contributed by atoms with Crippen LogP contribution in [0.1, 0.15) is 6.92 Å². The van der Waals surface area contributed by atoms with E-state index in [0.29, 0.717) is 0 Å². The predicted molar refractivity (Wildman–Crippen MR) is 63.6 cm³/mol. The zero-order valence-electron chi connectivity index (χ0n) is 8.38. The molecule has 2 nitrogen and oxygen atoms in total. The number of carbonyl (C=O) groups is 1. The topological polar surface area (TPSA) is 20.3 Å². The number of amides is 1. The number of anilines is 2. The minimum Gasteiger partial charge on any atom is -0.280 e. The smallest absolute Gasteiger partial charge is 0.228 e. The average molecular weight is 217 g/mol. The zero-order chi connectivity index (χ0) is 10.7. The van der Waals surface area contributed by atoms with Crippen molar-refractivity contribution in [3.63, 3.8) is 0 Å². The number of carbonyl (C=O) groups excluding carboxylic acids is 1. The number of thiophene rings is 1. The van der Waals surface area contributed by atoms with Gasteiger partial charge in [-0.05, 0) is 23.6 Å². The number of para-hydroxylation sites is 1. The first kappa shape index (κ1) is 9.93. The van der Waals surface area contributed by atoms with Gasteiger partial charge in [-0.2, -0.15) is 11.3 Å². The molecule has 0 aliphatic carbocycles. The van der Waals surface area contributed by atoms with Crippen molar-refractivity contribution in [3.05, 3.63) is 47.2 Å². The summed E-state index contributed by atoms with van der Waals surface area (Å²) in [6, 6.07) is 11.6. The summed E-state index contributed by atoms with van der Waals surface area (Å²) in [6.45, 7) is 1.57. The van der Waals surface area contributed by atoms with Gasteiger partial charge in [-0.3, -0.25) is 9.69 Å². The molecule has 1 heterocycles. The highest BCUT2D eigenvalue weighted by Gasteiger charge is 2.13. The third-order valence-electron chi connectivity index (χ3n) is 2.09. The molecule has 1 aromatic carbocycles. The highest BCUT2D eigenvalue weighted by atomic mass is 32.1. The maximum atomic E-state index is 11.6. The molecule has 3 heteroatoms. The van der Waals surface area contributed by atoms with Crippen molar-refractivity contribution in [2.45, 2.75) is 6.92 Å². The highest BCUT2D eigenvalue weighted by molar-refractivity contribution is 7.08. The van der Waals surface area contributed by atoms with Crippen molar-refractivity contribution in [2.75, 3.05) is 4.90 Å². The second-order valence-corrected chi connectivity index (χ2v) is 3.95. The monoisotopic (exact) mass is 217 g/mol. The van der Waals surface area contributed by atoms with Gasteiger partial charge in [-0.15, -0.1) is 0 Å². The largest absolute Gasteiger partial charge is 0.280 e. The van der Waals surface area contributed by atoms with Gasteiger partial charge in [-0.25, -0.2) is 0 Å². The first-order valence-electron chi connectivity index (χ1n) is 4.67. The predicted octanol–water partition coefficient (Wildman–Crippen LogP) is 3.43. The van der Waals surface area contributed by atoms with Crippen molar-refractivity contribution in [1.82, 2.24) is 0 Å². The first-order valence-corrected chi connectivity index (χ1v) is 5.61. The van der Waals surface area contributed by atoms with Crippen LogP contribution in [0.5, 0.6) is 0 Å². The van der Waals surface area contributed by atoms with Crippen LogP contribution >= 0.6 is 11.3 Å². The second kappa shape index (κ2) is 4.28. The van der Waals surface area contributed by atoms with Crippen LogP contribution in [0.3, 0.4) is 0 Å². The maximum absolute atomic E-state index is 11.6. The van der Waals surface area contributed by atoms with Crippen LogP contribution in [0.15, 0.2) is 47.2 Å². The molecule has 0 aliphatic rings. The third kappa shape index (κ3) is 2.07. The summed E-state index contributed by atoms with van der Waals surface area (Å²) in [4.78, 5) is 13.3. The Hall–Kier alpha value is -1.61. The maximum Gasteiger partial charge on any atom is 0.228 e. The quantitative estimate of drug-likeness (QED) is 0.754. The highest BCUT2D eigenvalue weighted by Crippen LogP contribution is 2.26. The summed E-state index contributed by atoms with van der Waals surface area (Å²) in [7, 11) is 0. The molecule has 1 aromatic heterocycles. The van der Waals surface area contributed by atoms with E-state index < -0.39 is 0 Å². The van der Waals surface area contributed by atoms with E-state index >= 15 is 0 Å². The van der Waals surface area contributed by atoms with Gasteiger partial charge in [0.1, 0.15) is 0 Å². The molecule has 76 valence electrons. The molecule has 0 saturated heterocycles. The molecule has 2 aromatic rings. The summed E-state index contributed by atoms with van der Waals surface area (Å²) in [6.07, 6.45) is 0. The van der Waals surface area contributed by atoms with Gasteiger partial charge in [0.25, 0.3) is 0 Å². The second-order valence-electron chi connectivity index (χ2n) is 3.17. The molecule has 1 amide bonds. The zero-order valence-corrected chi connectivity index (χ0v) is 9.20. The van der Waals surface area contributed by atoms with E-state index in [0.717, 1.165) is 11.4 Å². The van der Waals surface area contributed by atoms with Crippen molar-refractivity contribution >= 4 is 28.6 Å². The molecule has 0 spiro atoms. The van der Waals surface area contributed by atoms with Gasteiger partial charge < -0.3 is 0 Å². The Kier molecular flexibility index (Phi) is 2.83. The first-order chi connectivity index (χ1) is 7.29. The molecular weight excluding hydrogens is 206 g/mol. The summed E-state index contributed by atoms with van der Waals surface area (Å²) in [5, 5.41) is 3.93. The number of benzene rings is 1. The normalized spacial score (nSPS) is 9.93. The van der Waals surface area contributed by atoms with E-state index in [9.17, 15) is 4.79 Å². The van der Waals surface area contributed by atoms with Crippen molar-refractivity contribution in [3.8, 4) is 0 Å². The number of nitrogens with zero attached hydrogens (tertiary/aromatic N) is 1. The molecule has 0 unspecified atom stereocenters. The lowest BCUT2D eigenvalue weighted by Gasteiger charge is -2.19. The van der Waals surface area contributed by atoms with Gasteiger partial charge in [0, 0.05) is 18.0 Å². The average Bonchev–Trinajstić information content (AvgIpc) is 2.72. The van der Waals surface area contributed by atoms with Crippen molar-refractivity contribution in [2.24, 2.45) is 0 Å². The van der Waals surface area contributed by atoms with Gasteiger partial charge in [-0.1, -0.05) is 18.2 Å². The standard InChI is InChI=1S/C12H11NOS/c1-10(14)13(12-7-8-15-9-12)11-5-3-2-4-6-11/h2-9H,1H3. The van der Waals surface area contributed by atoms with Crippen LogP contribution in [0.25, 0.3) is 0 Å². The van der Waals surface area contributed by atoms with Crippen molar-refractivity contribution in [1.29, 1.82) is 0 Å². The summed E-state index contributed by atoms with van der Waals surface area (Å²) < 4.78 is 0. The molecule has 2 rings (SSSR count). The van der Waals surface area contributed by atoms with Crippen LogP contribution in [0.4, 0.5) is 11.4 Å². The van der Waals surface area contributed by atoms with Crippen LogP contribution in [-0.2, 0) is 4.79 Å². The molecule has 0 aliphatic heterocycles. The Balaban J connectivity index is 2.42. The lowest BCUT2D eigenvalue weighted by atomic mass is 10.2. The lowest BCUT2D eigenvalue weighted by Crippen LogP contribution is -2.21. The van der Waals surface area contributed by atoms with E-state index in [1.54, 1.807) is 23.2 Å². The molecule has 0 fully saturated rings. The van der Waals surface area contributed by atoms with Crippen LogP contribution in [0, 0.1) is 0 Å². The van der Waals surface area contributed by atoms with Gasteiger partial charge >= 0.3 is 0 Å². The fourth-order valence-corrected chi connectivity index (χ4v) is 2.09. The number of hydrogen-bond donors (Lipinski definition) is 0. The van der Waals surface area contributed by atoms with E-state index in [1.807, 2.05) is 47.2 Å². The Morgan fingerprint density at radius 1 is 1.13 bits per heavy atom. The van der Waals surface area contributed by atoms with Gasteiger partial charge in [0.15, 0.2) is 0 Å². The van der Waals surface area contributed by atoms with Crippen LogP contribution < -0.4 is 4.90 Å². The minimum absolute atomic E-state index is 0.0274. The fourth-order valence-electron chi connectivity index (χ4n) is 1.47. The Bertz CT molecular complexity index is 436. The van der Waals surface area contributed by atoms with Gasteiger partial charge in [0.05, 0.1) is 5.69 Å². The van der Waals surface area contributed by atoms with Gasteiger partial charge in [0.2, 0.25) is 5.91 Å². The molecule has 0 N–H and O–H groups in total. The lowest BCUT2D eigenvalue weighted by molar-refractivity contribution is -0.115. The third-order valence-corrected chi connectivity index (χ3v) is 2.76. The van der Waals surface area contributed by atoms with E-state index in [1.165, 1.54) is 0 Å². The number of rotatable bonds is 2.